The van der Waals surface area contributed by atoms with Crippen molar-refractivity contribution in [3.63, 3.8) is 0 Å². The van der Waals surface area contributed by atoms with Crippen molar-refractivity contribution >= 4 is 15.9 Å². The van der Waals surface area contributed by atoms with Gasteiger partial charge in [0.05, 0.1) is 6.04 Å². The van der Waals surface area contributed by atoms with Crippen molar-refractivity contribution in [2.24, 2.45) is 5.84 Å². The first-order valence-corrected chi connectivity index (χ1v) is 6.96. The maximum atomic E-state index is 13.7. The molecule has 0 aliphatic heterocycles. The summed E-state index contributed by atoms with van der Waals surface area (Å²) in [5.74, 6) is 4.45. The number of benzene rings is 2. The molecule has 2 rings (SSSR count). The molecule has 0 saturated heterocycles. The zero-order valence-electron chi connectivity index (χ0n) is 11.0. The van der Waals surface area contributed by atoms with Gasteiger partial charge in [0.25, 0.3) is 0 Å². The van der Waals surface area contributed by atoms with Gasteiger partial charge in [-0.05, 0) is 48.2 Å². The zero-order chi connectivity index (χ0) is 14.7. The van der Waals surface area contributed by atoms with Crippen LogP contribution in [0.1, 0.15) is 22.7 Å². The molecule has 106 valence electrons. The third-order valence-electron chi connectivity index (χ3n) is 3.26. The molecule has 0 fully saturated rings. The summed E-state index contributed by atoms with van der Waals surface area (Å²) in [7, 11) is 0. The first kappa shape index (κ1) is 15.1. The SMILES string of the molecule is Cc1ccc(Br)cc1C(Cc1ccc(F)cc1F)NN. The van der Waals surface area contributed by atoms with Crippen molar-refractivity contribution < 1.29 is 8.78 Å². The van der Waals surface area contributed by atoms with Gasteiger partial charge in [-0.15, -0.1) is 0 Å². The van der Waals surface area contributed by atoms with Crippen LogP contribution in [0.3, 0.4) is 0 Å². The molecule has 1 unspecified atom stereocenters. The number of hydrazine groups is 1. The smallest absolute Gasteiger partial charge is 0.129 e. The molecule has 2 aromatic carbocycles. The number of rotatable bonds is 4. The molecule has 0 radical (unpaired) electrons. The Kier molecular flexibility index (Phi) is 4.86. The number of hydrogen-bond acceptors (Lipinski definition) is 2. The summed E-state index contributed by atoms with van der Waals surface area (Å²) in [6.45, 7) is 1.97. The number of halogens is 3. The van der Waals surface area contributed by atoms with E-state index in [9.17, 15) is 8.78 Å². The summed E-state index contributed by atoms with van der Waals surface area (Å²) in [5, 5.41) is 0. The van der Waals surface area contributed by atoms with Crippen LogP contribution in [0.4, 0.5) is 8.78 Å². The Morgan fingerprint density at radius 1 is 1.20 bits per heavy atom. The number of nitrogens with two attached hydrogens (primary N) is 1. The van der Waals surface area contributed by atoms with Gasteiger partial charge in [0.15, 0.2) is 0 Å². The minimum Gasteiger partial charge on any atom is -0.271 e. The Balaban J connectivity index is 2.31. The zero-order valence-corrected chi connectivity index (χ0v) is 12.5. The fourth-order valence-corrected chi connectivity index (χ4v) is 2.53. The topological polar surface area (TPSA) is 38.0 Å². The lowest BCUT2D eigenvalue weighted by atomic mass is 9.95. The molecule has 20 heavy (non-hydrogen) atoms. The Hall–Kier alpha value is -1.30. The van der Waals surface area contributed by atoms with E-state index in [1.807, 2.05) is 25.1 Å². The molecule has 0 aliphatic rings. The van der Waals surface area contributed by atoms with Crippen LogP contribution in [0.5, 0.6) is 0 Å². The summed E-state index contributed by atoms with van der Waals surface area (Å²) in [5.41, 5.74) is 5.15. The predicted octanol–water partition coefficient (Wildman–Crippen LogP) is 3.78. The highest BCUT2D eigenvalue weighted by molar-refractivity contribution is 9.10. The van der Waals surface area contributed by atoms with E-state index >= 15 is 0 Å². The van der Waals surface area contributed by atoms with E-state index in [0.29, 0.717) is 12.0 Å². The van der Waals surface area contributed by atoms with Gasteiger partial charge in [0.1, 0.15) is 11.6 Å². The number of hydrogen-bond donors (Lipinski definition) is 2. The second-order valence-corrected chi connectivity index (χ2v) is 5.58. The predicted molar refractivity (Wildman–Crippen MR) is 79.0 cm³/mol. The monoisotopic (exact) mass is 340 g/mol. The molecule has 1 atom stereocenters. The summed E-state index contributed by atoms with van der Waals surface area (Å²) in [6.07, 6.45) is 0.347. The molecule has 0 heterocycles. The average Bonchev–Trinajstić information content (AvgIpc) is 2.41. The largest absolute Gasteiger partial charge is 0.271 e. The summed E-state index contributed by atoms with van der Waals surface area (Å²) in [4.78, 5) is 0. The Morgan fingerprint density at radius 3 is 2.60 bits per heavy atom. The number of nitrogens with one attached hydrogen (secondary N) is 1. The highest BCUT2D eigenvalue weighted by atomic mass is 79.9. The van der Waals surface area contributed by atoms with Crippen LogP contribution in [0.2, 0.25) is 0 Å². The van der Waals surface area contributed by atoms with Crippen LogP contribution in [-0.2, 0) is 6.42 Å². The lowest BCUT2D eigenvalue weighted by Gasteiger charge is -2.19. The third-order valence-corrected chi connectivity index (χ3v) is 3.75. The Bertz CT molecular complexity index is 617. The van der Waals surface area contributed by atoms with Gasteiger partial charge in [0, 0.05) is 10.5 Å². The van der Waals surface area contributed by atoms with Gasteiger partial charge in [0.2, 0.25) is 0 Å². The molecule has 0 aromatic heterocycles. The van der Waals surface area contributed by atoms with Gasteiger partial charge in [-0.2, -0.15) is 0 Å². The maximum absolute atomic E-state index is 13.7. The van der Waals surface area contributed by atoms with Crippen LogP contribution in [0.15, 0.2) is 40.9 Å². The van der Waals surface area contributed by atoms with Gasteiger partial charge < -0.3 is 0 Å². The van der Waals surface area contributed by atoms with E-state index in [0.717, 1.165) is 21.7 Å². The van der Waals surface area contributed by atoms with Crippen LogP contribution < -0.4 is 11.3 Å². The van der Waals surface area contributed by atoms with Gasteiger partial charge >= 0.3 is 0 Å². The summed E-state index contributed by atoms with van der Waals surface area (Å²) < 4.78 is 27.6. The fraction of sp³-hybridized carbons (Fsp3) is 0.200. The summed E-state index contributed by atoms with van der Waals surface area (Å²) in [6, 6.07) is 9.18. The third kappa shape index (κ3) is 3.42. The van der Waals surface area contributed by atoms with E-state index < -0.39 is 11.6 Å². The van der Waals surface area contributed by atoms with E-state index in [1.54, 1.807) is 0 Å². The molecule has 2 nitrogen and oxygen atoms in total. The first-order chi connectivity index (χ1) is 9.51. The highest BCUT2D eigenvalue weighted by Gasteiger charge is 2.16. The minimum atomic E-state index is -0.581. The molecule has 0 aliphatic carbocycles. The van der Waals surface area contributed by atoms with Crippen molar-refractivity contribution in [1.29, 1.82) is 0 Å². The van der Waals surface area contributed by atoms with Gasteiger partial charge in [-0.25, -0.2) is 8.78 Å². The molecule has 0 amide bonds. The van der Waals surface area contributed by atoms with E-state index in [4.69, 9.17) is 5.84 Å². The summed E-state index contributed by atoms with van der Waals surface area (Å²) >= 11 is 3.41. The Morgan fingerprint density at radius 2 is 1.95 bits per heavy atom. The Labute approximate surface area is 125 Å². The van der Waals surface area contributed by atoms with Crippen molar-refractivity contribution in [2.75, 3.05) is 0 Å². The molecule has 2 aromatic rings. The minimum absolute atomic E-state index is 0.243. The number of aryl methyl sites for hydroxylation is 1. The fourth-order valence-electron chi connectivity index (χ4n) is 2.15. The molecular weight excluding hydrogens is 326 g/mol. The molecule has 0 bridgehead atoms. The van der Waals surface area contributed by atoms with Crippen molar-refractivity contribution in [3.05, 3.63) is 69.2 Å². The van der Waals surface area contributed by atoms with Crippen LogP contribution in [0, 0.1) is 18.6 Å². The van der Waals surface area contributed by atoms with Gasteiger partial charge in [-0.3, -0.25) is 11.3 Å². The van der Waals surface area contributed by atoms with Crippen LogP contribution in [0.25, 0.3) is 0 Å². The van der Waals surface area contributed by atoms with E-state index in [2.05, 4.69) is 21.4 Å². The van der Waals surface area contributed by atoms with Crippen molar-refractivity contribution in [1.82, 2.24) is 5.43 Å². The lowest BCUT2D eigenvalue weighted by molar-refractivity contribution is 0.520. The molecule has 0 saturated carbocycles. The highest BCUT2D eigenvalue weighted by Crippen LogP contribution is 2.25. The average molecular weight is 341 g/mol. The molecule has 3 N–H and O–H groups in total. The van der Waals surface area contributed by atoms with Crippen molar-refractivity contribution in [2.45, 2.75) is 19.4 Å². The molecule has 0 spiro atoms. The van der Waals surface area contributed by atoms with Gasteiger partial charge in [-0.1, -0.05) is 28.1 Å². The second-order valence-electron chi connectivity index (χ2n) is 4.66. The van der Waals surface area contributed by atoms with E-state index in [-0.39, 0.29) is 6.04 Å². The maximum Gasteiger partial charge on any atom is 0.129 e. The van der Waals surface area contributed by atoms with E-state index in [1.165, 1.54) is 12.1 Å². The first-order valence-electron chi connectivity index (χ1n) is 6.17. The standard InChI is InChI=1S/C15H15BrF2N2/c1-9-2-4-11(16)7-13(9)15(20-19)6-10-3-5-12(17)8-14(10)18/h2-5,7-8,15,20H,6,19H2,1H3. The van der Waals surface area contributed by atoms with Crippen LogP contribution >= 0.6 is 15.9 Å². The molecule has 5 heteroatoms. The molecular formula is C15H15BrF2N2. The lowest BCUT2D eigenvalue weighted by Crippen LogP contribution is -2.30. The van der Waals surface area contributed by atoms with Crippen molar-refractivity contribution in [3.8, 4) is 0 Å². The second kappa shape index (κ2) is 6.43. The quantitative estimate of drug-likeness (QED) is 0.656. The normalized spacial score (nSPS) is 12.4. The van der Waals surface area contributed by atoms with Crippen LogP contribution in [-0.4, -0.2) is 0 Å².